The predicted molar refractivity (Wildman–Crippen MR) is 70.1 cm³/mol. The quantitative estimate of drug-likeness (QED) is 0.763. The third-order valence-electron chi connectivity index (χ3n) is 2.65. The Labute approximate surface area is 105 Å². The number of nitrogens with two attached hydrogens (primary N) is 1. The van der Waals surface area contributed by atoms with Crippen LogP contribution in [0.3, 0.4) is 0 Å². The first-order valence-electron chi connectivity index (χ1n) is 5.53. The summed E-state index contributed by atoms with van der Waals surface area (Å²) >= 11 is 0. The van der Waals surface area contributed by atoms with Crippen molar-refractivity contribution >= 4 is 17.3 Å². The minimum Gasteiger partial charge on any atom is -0.397 e. The maximum Gasteiger partial charge on any atom is 0.272 e. The molecule has 18 heavy (non-hydrogen) atoms. The molecule has 0 aliphatic heterocycles. The minimum absolute atomic E-state index is 0.0113. The summed E-state index contributed by atoms with van der Waals surface area (Å²) in [5, 5.41) is 11.7. The highest BCUT2D eigenvalue weighted by Crippen LogP contribution is 2.13. The van der Waals surface area contributed by atoms with Crippen LogP contribution >= 0.6 is 0 Å². The second-order valence-corrected chi connectivity index (χ2v) is 4.08. The number of nitrogen functional groups attached to an aromatic ring is 1. The number of amides is 1. The van der Waals surface area contributed by atoms with Gasteiger partial charge in [-0.05, 0) is 23.8 Å². The van der Waals surface area contributed by atoms with Crippen LogP contribution in [0, 0.1) is 0 Å². The van der Waals surface area contributed by atoms with E-state index in [2.05, 4.69) is 5.32 Å². The first-order chi connectivity index (χ1) is 8.60. The van der Waals surface area contributed by atoms with E-state index in [1.807, 2.05) is 0 Å². The number of benzene rings is 1. The molecule has 1 heterocycles. The molecule has 5 heteroatoms. The second kappa shape index (κ2) is 4.93. The van der Waals surface area contributed by atoms with Gasteiger partial charge in [0.2, 0.25) is 0 Å². The number of carbonyl (C=O) groups is 1. The van der Waals surface area contributed by atoms with E-state index in [9.17, 15) is 4.79 Å². The molecule has 0 spiro atoms. The molecule has 0 bridgehead atoms. The fraction of sp³-hybridized carbons (Fsp3) is 0.154. The van der Waals surface area contributed by atoms with Crippen LogP contribution in [0.4, 0.5) is 11.4 Å². The third kappa shape index (κ3) is 2.52. The molecular formula is C13H15N3O2. The highest BCUT2D eigenvalue weighted by atomic mass is 16.3. The van der Waals surface area contributed by atoms with Crippen LogP contribution in [0.1, 0.15) is 16.1 Å². The first-order valence-corrected chi connectivity index (χ1v) is 5.53. The number of rotatable bonds is 3. The molecule has 0 atom stereocenters. The Morgan fingerprint density at radius 1 is 1.39 bits per heavy atom. The lowest BCUT2D eigenvalue weighted by Gasteiger charge is -2.06. The average Bonchev–Trinajstić information content (AvgIpc) is 2.69. The number of aromatic nitrogens is 1. The van der Waals surface area contributed by atoms with Crippen LogP contribution in [0.25, 0.3) is 0 Å². The Kier molecular flexibility index (Phi) is 3.34. The number of nitrogens with one attached hydrogen (secondary N) is 1. The third-order valence-corrected chi connectivity index (χ3v) is 2.65. The Bertz CT molecular complexity index is 558. The summed E-state index contributed by atoms with van der Waals surface area (Å²) in [4.78, 5) is 12.0. The summed E-state index contributed by atoms with van der Waals surface area (Å²) in [6, 6.07) is 8.63. The zero-order valence-corrected chi connectivity index (χ0v) is 10.1. The maximum atomic E-state index is 12.0. The van der Waals surface area contributed by atoms with Gasteiger partial charge >= 0.3 is 0 Å². The number of nitrogens with zero attached hydrogens (tertiary/aromatic N) is 1. The van der Waals surface area contributed by atoms with E-state index in [1.165, 1.54) is 0 Å². The van der Waals surface area contributed by atoms with Crippen molar-refractivity contribution in [3.8, 4) is 0 Å². The Morgan fingerprint density at radius 2 is 2.06 bits per heavy atom. The van der Waals surface area contributed by atoms with Crippen molar-refractivity contribution in [1.29, 1.82) is 0 Å². The van der Waals surface area contributed by atoms with E-state index in [1.54, 1.807) is 48.1 Å². The fourth-order valence-electron chi connectivity index (χ4n) is 1.70. The molecule has 0 saturated carbocycles. The van der Waals surface area contributed by atoms with Crippen molar-refractivity contribution in [3.63, 3.8) is 0 Å². The second-order valence-electron chi connectivity index (χ2n) is 4.08. The van der Waals surface area contributed by atoms with Crippen LogP contribution in [-0.4, -0.2) is 15.6 Å². The SMILES string of the molecule is Cn1cc(N)cc1C(=O)Nc1ccc(CO)cc1. The minimum atomic E-state index is -0.217. The number of aliphatic hydroxyl groups excluding tert-OH is 1. The lowest BCUT2D eigenvalue weighted by Crippen LogP contribution is -2.15. The number of carbonyl (C=O) groups excluding carboxylic acids is 1. The molecule has 1 amide bonds. The van der Waals surface area contributed by atoms with Crippen molar-refractivity contribution in [3.05, 3.63) is 47.8 Å². The van der Waals surface area contributed by atoms with Crippen molar-refractivity contribution < 1.29 is 9.90 Å². The summed E-state index contributed by atoms with van der Waals surface area (Å²) in [7, 11) is 1.76. The van der Waals surface area contributed by atoms with Gasteiger partial charge in [-0.25, -0.2) is 0 Å². The van der Waals surface area contributed by atoms with Gasteiger partial charge in [0.15, 0.2) is 0 Å². The number of hydrogen-bond acceptors (Lipinski definition) is 3. The highest BCUT2D eigenvalue weighted by molar-refractivity contribution is 6.03. The van der Waals surface area contributed by atoms with Gasteiger partial charge in [-0.3, -0.25) is 4.79 Å². The smallest absolute Gasteiger partial charge is 0.272 e. The molecular weight excluding hydrogens is 230 g/mol. The zero-order valence-electron chi connectivity index (χ0n) is 10.1. The molecule has 0 aliphatic carbocycles. The molecule has 2 rings (SSSR count). The largest absolute Gasteiger partial charge is 0.397 e. The first kappa shape index (κ1) is 12.2. The van der Waals surface area contributed by atoms with Crippen LogP contribution in [-0.2, 0) is 13.7 Å². The summed E-state index contributed by atoms with van der Waals surface area (Å²) in [5.41, 5.74) is 8.15. The van der Waals surface area contributed by atoms with Gasteiger partial charge in [0.05, 0.1) is 12.3 Å². The molecule has 1 aromatic heterocycles. The van der Waals surface area contributed by atoms with Gasteiger partial charge in [0, 0.05) is 18.9 Å². The molecule has 5 nitrogen and oxygen atoms in total. The lowest BCUT2D eigenvalue weighted by molar-refractivity contribution is 0.101. The zero-order chi connectivity index (χ0) is 13.1. The molecule has 0 unspecified atom stereocenters. The number of aryl methyl sites for hydroxylation is 1. The predicted octanol–water partition coefficient (Wildman–Crippen LogP) is 1.35. The van der Waals surface area contributed by atoms with E-state index in [0.29, 0.717) is 17.1 Å². The van der Waals surface area contributed by atoms with Crippen LogP contribution in [0.5, 0.6) is 0 Å². The van der Waals surface area contributed by atoms with Crippen molar-refractivity contribution in [2.75, 3.05) is 11.1 Å². The summed E-state index contributed by atoms with van der Waals surface area (Å²) < 4.78 is 1.67. The van der Waals surface area contributed by atoms with E-state index in [-0.39, 0.29) is 12.5 Å². The maximum absolute atomic E-state index is 12.0. The van der Waals surface area contributed by atoms with Gasteiger partial charge in [0.25, 0.3) is 5.91 Å². The highest BCUT2D eigenvalue weighted by Gasteiger charge is 2.10. The summed E-state index contributed by atoms with van der Waals surface area (Å²) in [5.74, 6) is -0.217. The lowest BCUT2D eigenvalue weighted by atomic mass is 10.2. The molecule has 2 aromatic rings. The van der Waals surface area contributed by atoms with Gasteiger partial charge in [-0.15, -0.1) is 0 Å². The number of hydrogen-bond donors (Lipinski definition) is 3. The monoisotopic (exact) mass is 245 g/mol. The van der Waals surface area contributed by atoms with Crippen molar-refractivity contribution in [2.45, 2.75) is 6.61 Å². The fourth-order valence-corrected chi connectivity index (χ4v) is 1.70. The number of aliphatic hydroxyl groups is 1. The van der Waals surface area contributed by atoms with E-state index >= 15 is 0 Å². The molecule has 0 radical (unpaired) electrons. The van der Waals surface area contributed by atoms with E-state index in [4.69, 9.17) is 10.8 Å². The van der Waals surface area contributed by atoms with Gasteiger partial charge in [0.1, 0.15) is 5.69 Å². The van der Waals surface area contributed by atoms with Crippen molar-refractivity contribution in [2.24, 2.45) is 7.05 Å². The standard InChI is InChI=1S/C13H15N3O2/c1-16-7-10(14)6-12(16)13(18)15-11-4-2-9(8-17)3-5-11/h2-7,17H,8,14H2,1H3,(H,15,18). The molecule has 0 saturated heterocycles. The molecule has 4 N–H and O–H groups in total. The molecule has 0 fully saturated rings. The number of anilines is 2. The Morgan fingerprint density at radius 3 is 2.56 bits per heavy atom. The topological polar surface area (TPSA) is 80.3 Å². The van der Waals surface area contributed by atoms with Crippen LogP contribution in [0.2, 0.25) is 0 Å². The molecule has 1 aromatic carbocycles. The van der Waals surface area contributed by atoms with Gasteiger partial charge in [-0.1, -0.05) is 12.1 Å². The summed E-state index contributed by atoms with van der Waals surface area (Å²) in [6.07, 6.45) is 1.68. The Hall–Kier alpha value is -2.27. The molecule has 94 valence electrons. The van der Waals surface area contributed by atoms with E-state index in [0.717, 1.165) is 5.56 Å². The summed E-state index contributed by atoms with van der Waals surface area (Å²) in [6.45, 7) is -0.0113. The van der Waals surface area contributed by atoms with Crippen LogP contribution < -0.4 is 11.1 Å². The van der Waals surface area contributed by atoms with Gasteiger partial charge < -0.3 is 20.7 Å². The van der Waals surface area contributed by atoms with Crippen molar-refractivity contribution in [1.82, 2.24) is 4.57 Å². The normalized spacial score (nSPS) is 10.3. The molecule has 0 aliphatic rings. The van der Waals surface area contributed by atoms with Gasteiger partial charge in [-0.2, -0.15) is 0 Å². The van der Waals surface area contributed by atoms with Crippen LogP contribution in [0.15, 0.2) is 36.5 Å². The van der Waals surface area contributed by atoms with E-state index < -0.39 is 0 Å². The average molecular weight is 245 g/mol. The Balaban J connectivity index is 2.13.